The molecule has 2 rings (SSSR count). The first-order chi connectivity index (χ1) is 12.2. The van der Waals surface area contributed by atoms with Gasteiger partial charge in [-0.25, -0.2) is 18.1 Å². The molecule has 1 amide bonds. The number of rotatable bonds is 4. The summed E-state index contributed by atoms with van der Waals surface area (Å²) in [5.41, 5.74) is 16.0. The van der Waals surface area contributed by atoms with Crippen LogP contribution in [0.4, 0.5) is 5.69 Å². The van der Waals surface area contributed by atoms with Gasteiger partial charge < -0.3 is 22.4 Å². The summed E-state index contributed by atoms with van der Waals surface area (Å²) in [6.07, 6.45) is 2.12. The normalized spacial score (nSPS) is 11.6. The minimum atomic E-state index is -4.14. The van der Waals surface area contributed by atoms with Crippen LogP contribution >= 0.6 is 0 Å². The Labute approximate surface area is 148 Å². The van der Waals surface area contributed by atoms with Crippen LogP contribution in [0.15, 0.2) is 63.7 Å². The fourth-order valence-corrected chi connectivity index (χ4v) is 2.79. The van der Waals surface area contributed by atoms with Gasteiger partial charge in [-0.1, -0.05) is 0 Å². The number of nitrogens with two attached hydrogens (primary N) is 3. The number of amides is 1. The molecule has 0 saturated heterocycles. The summed E-state index contributed by atoms with van der Waals surface area (Å²) < 4.78 is 26.7. The Morgan fingerprint density at radius 1 is 1.12 bits per heavy atom. The van der Waals surface area contributed by atoms with E-state index in [9.17, 15) is 18.4 Å². The van der Waals surface area contributed by atoms with Gasteiger partial charge in [-0.2, -0.15) is 9.72 Å². The topological polar surface area (TPSA) is 193 Å². The van der Waals surface area contributed by atoms with Crippen LogP contribution in [0, 0.1) is 5.21 Å². The molecule has 0 bridgehead atoms. The summed E-state index contributed by atoms with van der Waals surface area (Å²) in [4.78, 5) is 19.2. The Morgan fingerprint density at radius 3 is 2.35 bits per heavy atom. The van der Waals surface area contributed by atoms with Gasteiger partial charge >= 0.3 is 0 Å². The zero-order valence-electron chi connectivity index (χ0n) is 13.2. The summed E-state index contributed by atoms with van der Waals surface area (Å²) in [6.45, 7) is 0. The maximum absolute atomic E-state index is 12.2. The largest absolute Gasteiger partial charge is 0.619 e. The molecule has 0 aliphatic carbocycles. The number of carbonyl (C=O) groups is 1. The molecule has 0 aliphatic heterocycles. The van der Waals surface area contributed by atoms with Crippen LogP contribution in [-0.4, -0.2) is 26.2 Å². The number of aliphatic imine (C=N–C) groups is 2. The number of pyridine rings is 1. The van der Waals surface area contributed by atoms with Gasteiger partial charge in [0.1, 0.15) is 5.56 Å². The van der Waals surface area contributed by atoms with Crippen molar-refractivity contribution in [1.82, 2.24) is 4.72 Å². The van der Waals surface area contributed by atoms with Gasteiger partial charge in [0.05, 0.1) is 10.6 Å². The maximum atomic E-state index is 12.2. The lowest BCUT2D eigenvalue weighted by atomic mass is 10.3. The molecular weight excluding hydrogens is 362 g/mol. The zero-order valence-corrected chi connectivity index (χ0v) is 14.1. The zero-order chi connectivity index (χ0) is 19.3. The predicted molar refractivity (Wildman–Crippen MR) is 93.6 cm³/mol. The summed E-state index contributed by atoms with van der Waals surface area (Å²) in [5.74, 6) is -1.41. The van der Waals surface area contributed by atoms with Crippen LogP contribution in [-0.2, 0) is 10.0 Å². The molecule has 0 fully saturated rings. The van der Waals surface area contributed by atoms with Crippen LogP contribution in [0.2, 0.25) is 0 Å². The predicted octanol–water partition coefficient (Wildman–Crippen LogP) is -1.34. The number of hydrogen-bond donors (Lipinski definition) is 4. The van der Waals surface area contributed by atoms with E-state index in [0.29, 0.717) is 10.4 Å². The summed E-state index contributed by atoms with van der Waals surface area (Å²) in [5, 5.41) is 11.2. The molecule has 0 atom stereocenters. The minimum Gasteiger partial charge on any atom is -0.619 e. The van der Waals surface area contributed by atoms with Crippen molar-refractivity contribution in [2.24, 2.45) is 27.2 Å². The fourth-order valence-electron chi connectivity index (χ4n) is 1.82. The van der Waals surface area contributed by atoms with E-state index in [0.717, 1.165) is 6.20 Å². The van der Waals surface area contributed by atoms with Crippen LogP contribution < -0.4 is 26.7 Å². The third kappa shape index (κ3) is 4.91. The Balaban J connectivity index is 2.19. The molecule has 0 spiro atoms. The maximum Gasteiger partial charge on any atom is 0.271 e. The number of nitrogens with one attached hydrogen (secondary N) is 1. The molecule has 7 N–H and O–H groups in total. The molecule has 0 saturated carbocycles. The highest BCUT2D eigenvalue weighted by Gasteiger charge is 2.19. The molecule has 11 nitrogen and oxygen atoms in total. The first-order valence-electron chi connectivity index (χ1n) is 6.97. The van der Waals surface area contributed by atoms with Gasteiger partial charge in [0.25, 0.3) is 15.9 Å². The summed E-state index contributed by atoms with van der Waals surface area (Å²) in [6, 6.07) is 7.77. The van der Waals surface area contributed by atoms with E-state index < -0.39 is 15.9 Å². The Kier molecular flexibility index (Phi) is 5.37. The molecule has 2 aromatic rings. The lowest BCUT2D eigenvalue weighted by Crippen LogP contribution is -2.33. The smallest absolute Gasteiger partial charge is 0.271 e. The van der Waals surface area contributed by atoms with Crippen molar-refractivity contribution in [2.75, 3.05) is 0 Å². The molecule has 1 heterocycles. The third-order valence-electron chi connectivity index (χ3n) is 2.90. The van der Waals surface area contributed by atoms with E-state index in [1.165, 1.54) is 42.6 Å². The minimum absolute atomic E-state index is 0.0997. The van der Waals surface area contributed by atoms with Gasteiger partial charge in [0, 0.05) is 6.07 Å². The van der Waals surface area contributed by atoms with E-state index in [2.05, 4.69) is 9.98 Å². The van der Waals surface area contributed by atoms with Gasteiger partial charge in [0.2, 0.25) is 5.96 Å². The van der Waals surface area contributed by atoms with Crippen molar-refractivity contribution >= 4 is 33.5 Å². The Bertz CT molecular complexity index is 981. The Morgan fingerprint density at radius 2 is 1.77 bits per heavy atom. The number of benzene rings is 1. The highest BCUT2D eigenvalue weighted by molar-refractivity contribution is 7.90. The Hall–Kier alpha value is -3.67. The van der Waals surface area contributed by atoms with Crippen LogP contribution in [0.1, 0.15) is 10.4 Å². The lowest BCUT2D eigenvalue weighted by Gasteiger charge is -2.07. The first-order valence-corrected chi connectivity index (χ1v) is 8.45. The van der Waals surface area contributed by atoms with Crippen LogP contribution in [0.5, 0.6) is 0 Å². The van der Waals surface area contributed by atoms with Gasteiger partial charge in [-0.05, 0) is 30.3 Å². The van der Waals surface area contributed by atoms with Crippen molar-refractivity contribution in [3.05, 3.63) is 59.6 Å². The first kappa shape index (κ1) is 18.7. The van der Waals surface area contributed by atoms with Gasteiger partial charge in [-0.15, -0.1) is 0 Å². The number of sulfonamides is 1. The van der Waals surface area contributed by atoms with E-state index >= 15 is 0 Å². The van der Waals surface area contributed by atoms with Crippen molar-refractivity contribution in [1.29, 1.82) is 0 Å². The summed E-state index contributed by atoms with van der Waals surface area (Å²) >= 11 is 0. The molecule has 1 aromatic carbocycles. The van der Waals surface area contributed by atoms with Gasteiger partial charge in [-0.3, -0.25) is 4.79 Å². The average molecular weight is 377 g/mol. The second kappa shape index (κ2) is 7.48. The van der Waals surface area contributed by atoms with E-state index in [1.807, 2.05) is 4.72 Å². The second-order valence-electron chi connectivity index (χ2n) is 4.89. The number of hydrogen-bond acceptors (Lipinski definition) is 5. The standard InChI is InChI=1S/C14H15N7O4S/c15-13(16)19-14(17)18-10-3-5-11(6-4-10)26(24,25)20-12(22)9-2-1-7-21(23)8-9/h1-8H,(H,20,22)(H6,15,16,17,18,19). The molecule has 1 aromatic heterocycles. The molecule has 0 aliphatic rings. The molecule has 136 valence electrons. The molecule has 12 heteroatoms. The van der Waals surface area contributed by atoms with Crippen LogP contribution in [0.3, 0.4) is 0 Å². The molecular formula is C14H15N7O4S. The monoisotopic (exact) mass is 377 g/mol. The van der Waals surface area contributed by atoms with Gasteiger partial charge in [0.15, 0.2) is 18.4 Å². The number of guanidine groups is 2. The molecule has 26 heavy (non-hydrogen) atoms. The molecule has 0 radical (unpaired) electrons. The SMILES string of the molecule is NC(N)=NC(N)=Nc1ccc(S(=O)(=O)NC(=O)c2ccc[n+]([O-])c2)cc1. The number of aromatic nitrogens is 1. The van der Waals surface area contributed by atoms with Crippen molar-refractivity contribution in [2.45, 2.75) is 4.90 Å². The lowest BCUT2D eigenvalue weighted by molar-refractivity contribution is -0.605. The van der Waals surface area contributed by atoms with Crippen molar-refractivity contribution in [3.63, 3.8) is 0 Å². The average Bonchev–Trinajstić information content (AvgIpc) is 2.54. The number of carbonyl (C=O) groups excluding carboxylic acids is 1. The third-order valence-corrected chi connectivity index (χ3v) is 4.25. The second-order valence-corrected chi connectivity index (χ2v) is 6.57. The van der Waals surface area contributed by atoms with E-state index in [-0.39, 0.29) is 22.4 Å². The number of nitrogens with zero attached hydrogens (tertiary/aromatic N) is 3. The van der Waals surface area contributed by atoms with Crippen molar-refractivity contribution in [3.8, 4) is 0 Å². The van der Waals surface area contributed by atoms with Crippen LogP contribution in [0.25, 0.3) is 0 Å². The molecule has 0 unspecified atom stereocenters. The highest BCUT2D eigenvalue weighted by Crippen LogP contribution is 2.16. The van der Waals surface area contributed by atoms with Crippen molar-refractivity contribution < 1.29 is 17.9 Å². The fraction of sp³-hybridized carbons (Fsp3) is 0. The quantitative estimate of drug-likeness (QED) is 0.219. The highest BCUT2D eigenvalue weighted by atomic mass is 32.2. The summed E-state index contributed by atoms with van der Waals surface area (Å²) in [7, 11) is -4.14. The van der Waals surface area contributed by atoms with E-state index in [1.54, 1.807) is 0 Å². The van der Waals surface area contributed by atoms with E-state index in [4.69, 9.17) is 17.2 Å².